The number of hydrogen-bond acceptors (Lipinski definition) is 3. The van der Waals surface area contributed by atoms with Gasteiger partial charge in [-0.2, -0.15) is 13.2 Å². The summed E-state index contributed by atoms with van der Waals surface area (Å²) in [6, 6.07) is 9.35. The van der Waals surface area contributed by atoms with E-state index in [1.54, 1.807) is 0 Å². The van der Waals surface area contributed by atoms with Gasteiger partial charge in [-0.3, -0.25) is 0 Å². The molecular formula is C13H8F3NaO3S. The summed E-state index contributed by atoms with van der Waals surface area (Å²) in [4.78, 5) is -0.423. The van der Waals surface area contributed by atoms with E-state index in [9.17, 15) is 26.1 Å². The van der Waals surface area contributed by atoms with Crippen LogP contribution in [0.3, 0.4) is 0 Å². The summed E-state index contributed by atoms with van der Waals surface area (Å²) < 4.78 is 70.0. The van der Waals surface area contributed by atoms with Crippen molar-refractivity contribution in [2.24, 2.45) is 0 Å². The first-order chi connectivity index (χ1) is 9.18. The van der Waals surface area contributed by atoms with Crippen molar-refractivity contribution in [3.8, 4) is 11.1 Å². The molecule has 0 aliphatic rings. The van der Waals surface area contributed by atoms with Gasteiger partial charge in [-0.1, -0.05) is 24.3 Å². The minimum atomic E-state index is -4.56. The van der Waals surface area contributed by atoms with Crippen LogP contribution in [0.4, 0.5) is 13.2 Å². The van der Waals surface area contributed by atoms with Crippen molar-refractivity contribution in [2.75, 3.05) is 0 Å². The molecule has 0 bridgehead atoms. The Labute approximate surface area is 141 Å². The molecule has 0 unspecified atom stereocenters. The molecule has 2 aromatic carbocycles. The molecule has 0 N–H and O–H groups in total. The molecular weight excluding hydrogens is 316 g/mol. The van der Waals surface area contributed by atoms with E-state index >= 15 is 0 Å². The van der Waals surface area contributed by atoms with Crippen molar-refractivity contribution in [1.29, 1.82) is 0 Å². The molecule has 106 valence electrons. The van der Waals surface area contributed by atoms with Crippen LogP contribution >= 0.6 is 0 Å². The van der Waals surface area contributed by atoms with Crippen LogP contribution in [0.5, 0.6) is 0 Å². The van der Waals surface area contributed by atoms with E-state index in [2.05, 4.69) is 0 Å². The van der Waals surface area contributed by atoms with Crippen LogP contribution in [-0.2, 0) is 16.3 Å². The smallest absolute Gasteiger partial charge is 0.744 e. The maximum absolute atomic E-state index is 12.6. The molecule has 0 aliphatic carbocycles. The Morgan fingerprint density at radius 1 is 0.905 bits per heavy atom. The van der Waals surface area contributed by atoms with Crippen LogP contribution < -0.4 is 29.6 Å². The van der Waals surface area contributed by atoms with Crippen molar-refractivity contribution >= 4 is 10.1 Å². The number of rotatable bonds is 2. The molecule has 0 saturated heterocycles. The van der Waals surface area contributed by atoms with Gasteiger partial charge in [0.2, 0.25) is 0 Å². The van der Waals surface area contributed by atoms with E-state index in [-0.39, 0.29) is 35.1 Å². The third-order valence-electron chi connectivity index (χ3n) is 2.67. The molecule has 0 spiro atoms. The second-order valence-electron chi connectivity index (χ2n) is 4.06. The Kier molecular flexibility index (Phi) is 5.63. The van der Waals surface area contributed by atoms with Crippen LogP contribution in [0, 0.1) is 0 Å². The Bertz CT molecular complexity index is 725. The first-order valence-electron chi connectivity index (χ1n) is 5.41. The molecule has 0 aromatic heterocycles. The summed E-state index contributed by atoms with van der Waals surface area (Å²) in [5.74, 6) is 0. The molecule has 21 heavy (non-hydrogen) atoms. The Morgan fingerprint density at radius 2 is 1.48 bits per heavy atom. The molecule has 8 heteroatoms. The van der Waals surface area contributed by atoms with Gasteiger partial charge in [0, 0.05) is 0 Å². The fourth-order valence-electron chi connectivity index (χ4n) is 1.69. The van der Waals surface area contributed by atoms with Gasteiger partial charge < -0.3 is 4.55 Å². The van der Waals surface area contributed by atoms with Crippen LogP contribution in [0.15, 0.2) is 53.4 Å². The predicted molar refractivity (Wildman–Crippen MR) is 64.8 cm³/mol. The standard InChI is InChI=1S/C13H9F3O3S.Na/c14-13(15,16)11-3-1-2-10(8-11)9-4-6-12(7-5-9)20(17,18)19;/h1-8H,(H,17,18,19);/q;+1/p-1. The molecule has 0 fully saturated rings. The van der Waals surface area contributed by atoms with Gasteiger partial charge in [-0.15, -0.1) is 0 Å². The van der Waals surface area contributed by atoms with E-state index in [4.69, 9.17) is 0 Å². The quantitative estimate of drug-likeness (QED) is 0.589. The van der Waals surface area contributed by atoms with Crippen LogP contribution in [0.1, 0.15) is 5.56 Å². The second kappa shape index (κ2) is 6.50. The number of halogens is 3. The molecule has 0 saturated carbocycles. The predicted octanol–water partition coefficient (Wildman–Crippen LogP) is 0.280. The summed E-state index contributed by atoms with van der Waals surface area (Å²) in [6.45, 7) is 0. The van der Waals surface area contributed by atoms with Gasteiger partial charge in [-0.05, 0) is 35.4 Å². The van der Waals surface area contributed by atoms with Crippen molar-refractivity contribution < 1.29 is 55.7 Å². The topological polar surface area (TPSA) is 57.2 Å². The zero-order valence-electron chi connectivity index (χ0n) is 10.9. The molecule has 2 aromatic rings. The van der Waals surface area contributed by atoms with Crippen molar-refractivity contribution in [3.63, 3.8) is 0 Å². The first kappa shape index (κ1) is 18.2. The molecule has 0 heterocycles. The number of alkyl halides is 3. The van der Waals surface area contributed by atoms with Crippen LogP contribution in [0.2, 0.25) is 0 Å². The van der Waals surface area contributed by atoms with Crippen LogP contribution in [-0.4, -0.2) is 13.0 Å². The largest absolute Gasteiger partial charge is 1.00 e. The zero-order valence-corrected chi connectivity index (χ0v) is 13.7. The minimum Gasteiger partial charge on any atom is -0.744 e. The van der Waals surface area contributed by atoms with Gasteiger partial charge >= 0.3 is 35.7 Å². The van der Waals surface area contributed by atoms with Gasteiger partial charge in [0.15, 0.2) is 0 Å². The van der Waals surface area contributed by atoms with Crippen molar-refractivity contribution in [3.05, 3.63) is 54.1 Å². The van der Waals surface area contributed by atoms with Crippen molar-refractivity contribution in [2.45, 2.75) is 11.1 Å². The summed E-state index contributed by atoms with van der Waals surface area (Å²) >= 11 is 0. The molecule has 0 radical (unpaired) electrons. The van der Waals surface area contributed by atoms with E-state index in [0.717, 1.165) is 24.3 Å². The monoisotopic (exact) mass is 324 g/mol. The fourth-order valence-corrected chi connectivity index (χ4v) is 2.16. The Hall–Kier alpha value is -0.860. The third-order valence-corrected chi connectivity index (χ3v) is 3.52. The van der Waals surface area contributed by atoms with E-state index in [1.165, 1.54) is 24.3 Å². The summed E-state index contributed by atoms with van der Waals surface area (Å²) in [6.07, 6.45) is -4.45. The average molecular weight is 324 g/mol. The Morgan fingerprint density at radius 3 is 1.95 bits per heavy atom. The SMILES string of the molecule is O=S(=O)([O-])c1ccc(-c2cccc(C(F)(F)F)c2)cc1.[Na+]. The van der Waals surface area contributed by atoms with Gasteiger partial charge in [0.1, 0.15) is 10.1 Å². The molecule has 3 nitrogen and oxygen atoms in total. The Balaban J connectivity index is 0.00000220. The zero-order chi connectivity index (χ0) is 15.0. The number of hydrogen-bond donors (Lipinski definition) is 0. The van der Waals surface area contributed by atoms with E-state index in [1.807, 2.05) is 0 Å². The van der Waals surface area contributed by atoms with Gasteiger partial charge in [0.05, 0.1) is 10.5 Å². The molecule has 0 atom stereocenters. The first-order valence-corrected chi connectivity index (χ1v) is 6.82. The van der Waals surface area contributed by atoms with Gasteiger partial charge in [0.25, 0.3) is 0 Å². The molecule has 0 amide bonds. The van der Waals surface area contributed by atoms with E-state index in [0.29, 0.717) is 5.56 Å². The van der Waals surface area contributed by atoms with Gasteiger partial charge in [-0.25, -0.2) is 8.42 Å². The third kappa shape index (κ3) is 4.55. The average Bonchev–Trinajstić information content (AvgIpc) is 2.37. The van der Waals surface area contributed by atoms with E-state index < -0.39 is 26.8 Å². The maximum atomic E-state index is 12.6. The molecule has 2 rings (SSSR count). The van der Waals surface area contributed by atoms with Crippen LogP contribution in [0.25, 0.3) is 11.1 Å². The summed E-state index contributed by atoms with van der Waals surface area (Å²) in [7, 11) is -4.56. The van der Waals surface area contributed by atoms with Crippen molar-refractivity contribution in [1.82, 2.24) is 0 Å². The summed E-state index contributed by atoms with van der Waals surface area (Å²) in [5.41, 5.74) is -0.117. The minimum absolute atomic E-state index is 0. The normalized spacial score (nSPS) is 11.8. The summed E-state index contributed by atoms with van der Waals surface area (Å²) in [5, 5.41) is 0. The fraction of sp³-hybridized carbons (Fsp3) is 0.0769. The maximum Gasteiger partial charge on any atom is 1.00 e. The number of benzene rings is 2. The molecule has 0 aliphatic heterocycles. The second-order valence-corrected chi connectivity index (χ2v) is 5.44.